The standard InChI is InChI=1S/C17H27N7O7/c1-7(17(30)31)22-16(29)13(8(2)25)24-15(28)11(3-9-5-20-6-21-9)23-14(27)10(18)4-12(19)26/h5-8,10-11,13,25H,3-4,18H2,1-2H3,(H2,19,26)(H,20,21)(H,22,29)(H,23,27)(H,24,28)(H,30,31). The minimum Gasteiger partial charge on any atom is -0.480 e. The number of carboxylic acid groups (broad SMARTS) is 1. The number of carbonyl (C=O) groups excluding carboxylic acids is 4. The lowest BCUT2D eigenvalue weighted by Gasteiger charge is -2.25. The zero-order valence-corrected chi connectivity index (χ0v) is 17.0. The summed E-state index contributed by atoms with van der Waals surface area (Å²) < 4.78 is 0. The molecule has 0 radical (unpaired) electrons. The fraction of sp³-hybridized carbons (Fsp3) is 0.529. The maximum Gasteiger partial charge on any atom is 0.325 e. The van der Waals surface area contributed by atoms with E-state index in [1.54, 1.807) is 0 Å². The van der Waals surface area contributed by atoms with Crippen LogP contribution >= 0.6 is 0 Å². The average molecular weight is 441 g/mol. The van der Waals surface area contributed by atoms with Crippen molar-refractivity contribution in [2.24, 2.45) is 11.5 Å². The summed E-state index contributed by atoms with van der Waals surface area (Å²) in [7, 11) is 0. The number of nitrogens with zero attached hydrogens (tertiary/aromatic N) is 1. The summed E-state index contributed by atoms with van der Waals surface area (Å²) in [6, 6.07) is -5.34. The molecule has 10 N–H and O–H groups in total. The number of carboxylic acids is 1. The smallest absolute Gasteiger partial charge is 0.325 e. The first-order chi connectivity index (χ1) is 14.4. The number of nitrogens with two attached hydrogens (primary N) is 2. The fourth-order valence-electron chi connectivity index (χ4n) is 2.44. The van der Waals surface area contributed by atoms with E-state index in [2.05, 4.69) is 25.9 Å². The first-order valence-corrected chi connectivity index (χ1v) is 9.25. The molecule has 0 saturated heterocycles. The number of H-pyrrole nitrogens is 1. The van der Waals surface area contributed by atoms with Crippen LogP contribution in [0.2, 0.25) is 0 Å². The number of aliphatic hydroxyl groups is 1. The number of aliphatic hydroxyl groups excluding tert-OH is 1. The van der Waals surface area contributed by atoms with Gasteiger partial charge in [-0.25, -0.2) is 4.98 Å². The van der Waals surface area contributed by atoms with Crippen molar-refractivity contribution in [3.8, 4) is 0 Å². The van der Waals surface area contributed by atoms with Gasteiger partial charge < -0.3 is 42.6 Å². The molecule has 31 heavy (non-hydrogen) atoms. The second kappa shape index (κ2) is 11.6. The number of aromatic amines is 1. The number of primary amides is 1. The third-order valence-corrected chi connectivity index (χ3v) is 4.16. The molecule has 0 aliphatic heterocycles. The molecule has 5 atom stereocenters. The lowest BCUT2D eigenvalue weighted by molar-refractivity contribution is -0.142. The normalized spacial score (nSPS) is 15.6. The predicted octanol–water partition coefficient (Wildman–Crippen LogP) is -3.91. The molecule has 1 rings (SSSR count). The van der Waals surface area contributed by atoms with Crippen LogP contribution in [0.4, 0.5) is 0 Å². The number of hydrogen-bond donors (Lipinski definition) is 8. The highest BCUT2D eigenvalue weighted by atomic mass is 16.4. The average Bonchev–Trinajstić information content (AvgIpc) is 3.17. The summed E-state index contributed by atoms with van der Waals surface area (Å²) in [5.41, 5.74) is 11.1. The summed E-state index contributed by atoms with van der Waals surface area (Å²) in [5, 5.41) is 25.6. The van der Waals surface area contributed by atoms with Crippen LogP contribution < -0.4 is 27.4 Å². The Morgan fingerprint density at radius 3 is 2.23 bits per heavy atom. The fourth-order valence-corrected chi connectivity index (χ4v) is 2.44. The second-order valence-corrected chi connectivity index (χ2v) is 6.91. The van der Waals surface area contributed by atoms with E-state index in [0.29, 0.717) is 5.69 Å². The molecular formula is C17H27N7O7. The molecule has 4 amide bonds. The number of amides is 4. The number of imidazole rings is 1. The molecule has 0 saturated carbocycles. The number of aromatic nitrogens is 2. The van der Waals surface area contributed by atoms with E-state index >= 15 is 0 Å². The quantitative estimate of drug-likeness (QED) is 0.158. The Bertz CT molecular complexity index is 797. The molecule has 0 spiro atoms. The van der Waals surface area contributed by atoms with Crippen molar-refractivity contribution >= 4 is 29.6 Å². The van der Waals surface area contributed by atoms with Crippen LogP contribution in [0.3, 0.4) is 0 Å². The number of carbonyl (C=O) groups is 5. The Morgan fingerprint density at radius 2 is 1.74 bits per heavy atom. The molecule has 0 aliphatic carbocycles. The van der Waals surface area contributed by atoms with Crippen LogP contribution in [-0.4, -0.2) is 80.1 Å². The molecule has 172 valence electrons. The van der Waals surface area contributed by atoms with E-state index in [1.807, 2.05) is 0 Å². The molecular weight excluding hydrogens is 414 g/mol. The number of nitrogens with one attached hydrogen (secondary N) is 4. The minimum atomic E-state index is -1.50. The van der Waals surface area contributed by atoms with Gasteiger partial charge in [-0.2, -0.15) is 0 Å². The van der Waals surface area contributed by atoms with Gasteiger partial charge in [0.25, 0.3) is 0 Å². The monoisotopic (exact) mass is 441 g/mol. The molecule has 1 aromatic heterocycles. The molecule has 1 heterocycles. The molecule has 0 bridgehead atoms. The summed E-state index contributed by atoms with van der Waals surface area (Å²) >= 11 is 0. The Labute approximate surface area is 177 Å². The lowest BCUT2D eigenvalue weighted by atomic mass is 10.1. The summed E-state index contributed by atoms with van der Waals surface area (Å²) in [5.74, 6) is -4.75. The van der Waals surface area contributed by atoms with Crippen molar-refractivity contribution in [1.82, 2.24) is 25.9 Å². The van der Waals surface area contributed by atoms with Crippen LogP contribution in [0, 0.1) is 0 Å². The van der Waals surface area contributed by atoms with Crippen molar-refractivity contribution in [2.75, 3.05) is 0 Å². The van der Waals surface area contributed by atoms with Gasteiger partial charge in [0.1, 0.15) is 18.1 Å². The van der Waals surface area contributed by atoms with E-state index < -0.39 is 66.3 Å². The molecule has 5 unspecified atom stereocenters. The summed E-state index contributed by atoms with van der Waals surface area (Å²) in [6.07, 6.45) is 0.842. The van der Waals surface area contributed by atoms with Gasteiger partial charge in [0.05, 0.1) is 24.9 Å². The number of rotatable bonds is 12. The van der Waals surface area contributed by atoms with Gasteiger partial charge in [-0.05, 0) is 13.8 Å². The first-order valence-electron chi connectivity index (χ1n) is 9.25. The first kappa shape index (κ1) is 25.5. The maximum absolute atomic E-state index is 12.8. The molecule has 14 heteroatoms. The van der Waals surface area contributed by atoms with E-state index in [1.165, 1.54) is 26.4 Å². The van der Waals surface area contributed by atoms with Crippen molar-refractivity contribution in [3.05, 3.63) is 18.2 Å². The Morgan fingerprint density at radius 1 is 1.10 bits per heavy atom. The Balaban J connectivity index is 2.97. The van der Waals surface area contributed by atoms with Gasteiger partial charge in [0, 0.05) is 18.3 Å². The molecule has 0 aromatic carbocycles. The minimum absolute atomic E-state index is 0.0828. The van der Waals surface area contributed by atoms with Gasteiger partial charge >= 0.3 is 5.97 Å². The predicted molar refractivity (Wildman–Crippen MR) is 105 cm³/mol. The van der Waals surface area contributed by atoms with Crippen molar-refractivity contribution in [3.63, 3.8) is 0 Å². The second-order valence-electron chi connectivity index (χ2n) is 6.91. The SMILES string of the molecule is CC(NC(=O)C(NC(=O)C(Cc1cnc[nH]1)NC(=O)C(N)CC(N)=O)C(C)O)C(=O)O. The lowest BCUT2D eigenvalue weighted by Crippen LogP contribution is -2.60. The summed E-state index contributed by atoms with van der Waals surface area (Å²) in [4.78, 5) is 65.8. The van der Waals surface area contributed by atoms with Gasteiger partial charge in [-0.3, -0.25) is 24.0 Å². The van der Waals surface area contributed by atoms with Gasteiger partial charge in [0.15, 0.2) is 0 Å². The molecule has 0 aliphatic rings. The zero-order valence-electron chi connectivity index (χ0n) is 17.0. The Hall–Kier alpha value is -3.52. The molecule has 0 fully saturated rings. The van der Waals surface area contributed by atoms with Gasteiger partial charge in [-0.1, -0.05) is 0 Å². The third-order valence-electron chi connectivity index (χ3n) is 4.16. The van der Waals surface area contributed by atoms with Crippen molar-refractivity contribution in [2.45, 2.75) is 57.0 Å². The van der Waals surface area contributed by atoms with Crippen molar-refractivity contribution in [1.29, 1.82) is 0 Å². The van der Waals surface area contributed by atoms with E-state index in [4.69, 9.17) is 16.6 Å². The van der Waals surface area contributed by atoms with Crippen LogP contribution in [0.25, 0.3) is 0 Å². The number of hydrogen-bond acceptors (Lipinski definition) is 8. The van der Waals surface area contributed by atoms with Crippen LogP contribution in [0.1, 0.15) is 26.0 Å². The van der Waals surface area contributed by atoms with E-state index in [-0.39, 0.29) is 6.42 Å². The van der Waals surface area contributed by atoms with Crippen molar-refractivity contribution < 1.29 is 34.2 Å². The Kier molecular flexibility index (Phi) is 9.56. The maximum atomic E-state index is 12.8. The van der Waals surface area contributed by atoms with Crippen LogP contribution in [0.15, 0.2) is 12.5 Å². The van der Waals surface area contributed by atoms with Crippen LogP contribution in [-0.2, 0) is 30.4 Å². The van der Waals surface area contributed by atoms with Gasteiger partial charge in [0.2, 0.25) is 23.6 Å². The number of aliphatic carboxylic acids is 1. The zero-order chi connectivity index (χ0) is 23.7. The van der Waals surface area contributed by atoms with E-state index in [9.17, 15) is 29.1 Å². The highest BCUT2D eigenvalue weighted by Crippen LogP contribution is 2.03. The van der Waals surface area contributed by atoms with E-state index in [0.717, 1.165) is 0 Å². The molecule has 1 aromatic rings. The largest absolute Gasteiger partial charge is 0.480 e. The third kappa shape index (κ3) is 8.39. The highest BCUT2D eigenvalue weighted by Gasteiger charge is 2.32. The highest BCUT2D eigenvalue weighted by molar-refractivity contribution is 5.95. The topological polar surface area (TPSA) is 243 Å². The van der Waals surface area contributed by atoms with Gasteiger partial charge in [-0.15, -0.1) is 0 Å². The summed E-state index contributed by atoms with van der Waals surface area (Å²) in [6.45, 7) is 2.43. The van der Waals surface area contributed by atoms with Crippen LogP contribution in [0.5, 0.6) is 0 Å². The molecule has 14 nitrogen and oxygen atoms in total.